The van der Waals surface area contributed by atoms with Crippen molar-refractivity contribution in [1.82, 2.24) is 10.2 Å². The molecule has 0 spiro atoms. The normalized spacial score (nSPS) is 11.4. The lowest BCUT2D eigenvalue weighted by molar-refractivity contribution is 0.319. The summed E-state index contributed by atoms with van der Waals surface area (Å²) < 4.78 is 0.892. The second kappa shape index (κ2) is 10.7. The van der Waals surface area contributed by atoms with Gasteiger partial charge in [-0.05, 0) is 58.1 Å². The number of halogens is 1. The number of hydrogen-bond acceptors (Lipinski definition) is 3. The summed E-state index contributed by atoms with van der Waals surface area (Å²) in [7, 11) is 2.19. The van der Waals surface area contributed by atoms with Gasteiger partial charge in [0.25, 0.3) is 0 Å². The van der Waals surface area contributed by atoms with Crippen molar-refractivity contribution >= 4 is 22.9 Å². The molecule has 0 bridgehead atoms. The zero-order chi connectivity index (χ0) is 13.9. The Morgan fingerprint density at radius 1 is 1.16 bits per heavy atom. The lowest BCUT2D eigenvalue weighted by Gasteiger charge is -2.15. The van der Waals surface area contributed by atoms with E-state index in [9.17, 15) is 0 Å². The van der Waals surface area contributed by atoms with Crippen LogP contribution in [0.3, 0.4) is 0 Å². The second-order valence-corrected chi connectivity index (χ2v) is 6.91. The average Bonchev–Trinajstić information content (AvgIpc) is 2.78. The third kappa shape index (κ3) is 8.64. The molecule has 110 valence electrons. The predicted octanol–water partition coefficient (Wildman–Crippen LogP) is 4.39. The number of hydrogen-bond donors (Lipinski definition) is 1. The van der Waals surface area contributed by atoms with Crippen LogP contribution in [0.2, 0.25) is 4.34 Å². The molecule has 0 aliphatic rings. The van der Waals surface area contributed by atoms with Crippen LogP contribution >= 0.6 is 22.9 Å². The van der Waals surface area contributed by atoms with Crippen LogP contribution < -0.4 is 5.32 Å². The Kier molecular flexibility index (Phi) is 9.52. The number of unbranched alkanes of at least 4 members (excludes halogenated alkanes) is 3. The van der Waals surface area contributed by atoms with Gasteiger partial charge in [0.2, 0.25) is 0 Å². The molecule has 2 nitrogen and oxygen atoms in total. The average molecular weight is 303 g/mol. The Labute approximate surface area is 127 Å². The summed E-state index contributed by atoms with van der Waals surface area (Å²) >= 11 is 7.62. The fourth-order valence-electron chi connectivity index (χ4n) is 2.07. The summed E-state index contributed by atoms with van der Waals surface area (Å²) in [5.74, 6) is 0. The molecule has 0 amide bonds. The van der Waals surface area contributed by atoms with Crippen LogP contribution in [0.25, 0.3) is 0 Å². The standard InChI is InChI=1S/C15H27ClN2S/c1-3-10-17-11-6-4-5-7-12-18(2)13-14-8-9-15(16)19-14/h8-9,17H,3-7,10-13H2,1-2H3. The fourth-order valence-corrected chi connectivity index (χ4v) is 3.24. The van der Waals surface area contributed by atoms with Gasteiger partial charge in [-0.2, -0.15) is 0 Å². The van der Waals surface area contributed by atoms with Gasteiger partial charge in [0.1, 0.15) is 0 Å². The van der Waals surface area contributed by atoms with E-state index >= 15 is 0 Å². The zero-order valence-corrected chi connectivity index (χ0v) is 13.8. The van der Waals surface area contributed by atoms with Crippen molar-refractivity contribution in [2.24, 2.45) is 0 Å². The highest BCUT2D eigenvalue weighted by Crippen LogP contribution is 2.22. The van der Waals surface area contributed by atoms with Gasteiger partial charge in [0.05, 0.1) is 4.34 Å². The Morgan fingerprint density at radius 3 is 2.63 bits per heavy atom. The topological polar surface area (TPSA) is 15.3 Å². The predicted molar refractivity (Wildman–Crippen MR) is 87.3 cm³/mol. The number of thiophene rings is 1. The first kappa shape index (κ1) is 17.0. The van der Waals surface area contributed by atoms with E-state index in [0.717, 1.165) is 17.4 Å². The van der Waals surface area contributed by atoms with E-state index < -0.39 is 0 Å². The maximum atomic E-state index is 5.94. The highest BCUT2D eigenvalue weighted by atomic mass is 35.5. The third-order valence-corrected chi connectivity index (χ3v) is 4.34. The van der Waals surface area contributed by atoms with Gasteiger partial charge in [0, 0.05) is 11.4 Å². The van der Waals surface area contributed by atoms with E-state index in [1.807, 2.05) is 6.07 Å². The van der Waals surface area contributed by atoms with E-state index in [4.69, 9.17) is 11.6 Å². The summed E-state index contributed by atoms with van der Waals surface area (Å²) in [5, 5.41) is 3.45. The Bertz CT molecular complexity index is 328. The molecule has 0 radical (unpaired) electrons. The molecule has 1 heterocycles. The number of nitrogens with one attached hydrogen (secondary N) is 1. The Hall–Kier alpha value is -0.0900. The second-order valence-electron chi connectivity index (χ2n) is 5.11. The molecule has 0 saturated carbocycles. The summed E-state index contributed by atoms with van der Waals surface area (Å²) in [5.41, 5.74) is 0. The van der Waals surface area contributed by atoms with Gasteiger partial charge in [-0.1, -0.05) is 31.4 Å². The van der Waals surface area contributed by atoms with Crippen molar-refractivity contribution in [3.05, 3.63) is 21.3 Å². The van der Waals surface area contributed by atoms with Crippen molar-refractivity contribution < 1.29 is 0 Å². The molecule has 19 heavy (non-hydrogen) atoms. The minimum absolute atomic E-state index is 0.892. The van der Waals surface area contributed by atoms with Gasteiger partial charge >= 0.3 is 0 Å². The van der Waals surface area contributed by atoms with Crippen LogP contribution in [0.5, 0.6) is 0 Å². The molecule has 1 N–H and O–H groups in total. The molecule has 0 aromatic carbocycles. The van der Waals surface area contributed by atoms with Crippen LogP contribution in [-0.2, 0) is 6.54 Å². The SMILES string of the molecule is CCCNCCCCCCN(C)Cc1ccc(Cl)s1. The van der Waals surface area contributed by atoms with Crippen molar-refractivity contribution in [2.75, 3.05) is 26.7 Å². The summed E-state index contributed by atoms with van der Waals surface area (Å²) in [6.45, 7) is 6.75. The maximum Gasteiger partial charge on any atom is 0.0931 e. The van der Waals surface area contributed by atoms with Gasteiger partial charge in [0.15, 0.2) is 0 Å². The van der Waals surface area contributed by atoms with Crippen LogP contribution in [-0.4, -0.2) is 31.6 Å². The van der Waals surface area contributed by atoms with Gasteiger partial charge in [-0.15, -0.1) is 11.3 Å². The van der Waals surface area contributed by atoms with Crippen molar-refractivity contribution in [1.29, 1.82) is 0 Å². The molecule has 1 aromatic heterocycles. The Morgan fingerprint density at radius 2 is 1.95 bits per heavy atom. The summed E-state index contributed by atoms with van der Waals surface area (Å²) in [6, 6.07) is 4.11. The summed E-state index contributed by atoms with van der Waals surface area (Å²) in [6.07, 6.45) is 6.52. The number of rotatable bonds is 11. The lowest BCUT2D eigenvalue weighted by atomic mass is 10.2. The van der Waals surface area contributed by atoms with Crippen LogP contribution in [0.1, 0.15) is 43.9 Å². The van der Waals surface area contributed by atoms with Crippen LogP contribution in [0.4, 0.5) is 0 Å². The minimum atomic E-state index is 0.892. The molecule has 1 rings (SSSR count). The Balaban J connectivity index is 1.94. The van der Waals surface area contributed by atoms with E-state index in [-0.39, 0.29) is 0 Å². The van der Waals surface area contributed by atoms with E-state index in [1.165, 1.54) is 50.1 Å². The van der Waals surface area contributed by atoms with Gasteiger partial charge < -0.3 is 10.2 Å². The lowest BCUT2D eigenvalue weighted by Crippen LogP contribution is -2.18. The molecule has 1 aromatic rings. The highest BCUT2D eigenvalue weighted by Gasteiger charge is 2.02. The molecule has 4 heteroatoms. The third-order valence-electron chi connectivity index (χ3n) is 3.12. The monoisotopic (exact) mass is 302 g/mol. The molecular weight excluding hydrogens is 276 g/mol. The van der Waals surface area contributed by atoms with Gasteiger partial charge in [-0.3, -0.25) is 0 Å². The summed E-state index contributed by atoms with van der Waals surface area (Å²) in [4.78, 5) is 3.74. The van der Waals surface area contributed by atoms with E-state index in [2.05, 4.69) is 30.3 Å². The van der Waals surface area contributed by atoms with Gasteiger partial charge in [-0.25, -0.2) is 0 Å². The van der Waals surface area contributed by atoms with Crippen molar-refractivity contribution in [3.63, 3.8) is 0 Å². The van der Waals surface area contributed by atoms with Crippen molar-refractivity contribution in [3.8, 4) is 0 Å². The molecule has 0 fully saturated rings. The molecule has 0 saturated heterocycles. The first-order chi connectivity index (χ1) is 9.22. The molecule has 0 atom stereocenters. The molecule has 0 unspecified atom stereocenters. The van der Waals surface area contributed by atoms with Crippen molar-refractivity contribution in [2.45, 2.75) is 45.6 Å². The van der Waals surface area contributed by atoms with E-state index in [1.54, 1.807) is 11.3 Å². The first-order valence-electron chi connectivity index (χ1n) is 7.36. The minimum Gasteiger partial charge on any atom is -0.317 e. The quantitative estimate of drug-likeness (QED) is 0.610. The molecule has 0 aliphatic heterocycles. The fraction of sp³-hybridized carbons (Fsp3) is 0.733. The highest BCUT2D eigenvalue weighted by molar-refractivity contribution is 7.16. The van der Waals surface area contributed by atoms with E-state index in [0.29, 0.717) is 0 Å². The molecule has 0 aliphatic carbocycles. The largest absolute Gasteiger partial charge is 0.317 e. The van der Waals surface area contributed by atoms with Crippen LogP contribution in [0, 0.1) is 0 Å². The first-order valence-corrected chi connectivity index (χ1v) is 8.55. The smallest absolute Gasteiger partial charge is 0.0931 e. The zero-order valence-electron chi connectivity index (χ0n) is 12.3. The molecular formula is C15H27ClN2S. The number of nitrogens with zero attached hydrogens (tertiary/aromatic N) is 1. The van der Waals surface area contributed by atoms with Crippen LogP contribution in [0.15, 0.2) is 12.1 Å². The maximum absolute atomic E-state index is 5.94.